The summed E-state index contributed by atoms with van der Waals surface area (Å²) in [5, 5.41) is 5.65. The Labute approximate surface area is 193 Å². The first-order valence-corrected chi connectivity index (χ1v) is 12.1. The second-order valence-electron chi connectivity index (χ2n) is 7.94. The van der Waals surface area contributed by atoms with Crippen LogP contribution in [-0.4, -0.2) is 44.2 Å². The van der Waals surface area contributed by atoms with Gasteiger partial charge in [0.25, 0.3) is 5.91 Å². The molecule has 0 aromatic heterocycles. The number of nitrogens with zero attached hydrogens (tertiary/aromatic N) is 1. The highest BCUT2D eigenvalue weighted by molar-refractivity contribution is 7.89. The van der Waals surface area contributed by atoms with Crippen LogP contribution in [0.25, 0.3) is 0 Å². The van der Waals surface area contributed by atoms with Gasteiger partial charge in [-0.3, -0.25) is 9.59 Å². The number of carbonyl (C=O) groups excluding carboxylic acids is 2. The number of amides is 2. The molecule has 0 radical (unpaired) electrons. The summed E-state index contributed by atoms with van der Waals surface area (Å²) >= 11 is 0. The maximum absolute atomic E-state index is 13.2. The van der Waals surface area contributed by atoms with Gasteiger partial charge in [-0.2, -0.15) is 4.31 Å². The molecule has 7 nitrogen and oxygen atoms in total. The number of aryl methyl sites for hydroxylation is 1. The average Bonchev–Trinajstić information content (AvgIpc) is 2.84. The molecule has 2 N–H and O–H groups in total. The summed E-state index contributed by atoms with van der Waals surface area (Å²) in [6.07, 6.45) is 0. The highest BCUT2D eigenvalue weighted by atomic mass is 32.2. The Morgan fingerprint density at radius 1 is 0.970 bits per heavy atom. The summed E-state index contributed by atoms with van der Waals surface area (Å²) in [6.45, 7) is 2.21. The number of rotatable bonds is 6. The minimum atomic E-state index is -3.90. The third-order valence-corrected chi connectivity index (χ3v) is 7.40. The number of piperazine rings is 1. The number of sulfonamides is 1. The predicted molar refractivity (Wildman–Crippen MR) is 125 cm³/mol. The fourth-order valence-electron chi connectivity index (χ4n) is 3.75. The summed E-state index contributed by atoms with van der Waals surface area (Å²) in [6, 6.07) is 23.0. The SMILES string of the molecule is Cc1ccc(C(NC(=O)c2cccc(S(=O)(=O)N3CCNC(=O)C3)c2)c2ccccc2)cc1. The first-order valence-electron chi connectivity index (χ1n) is 10.6. The van der Waals surface area contributed by atoms with E-state index < -0.39 is 22.0 Å². The van der Waals surface area contributed by atoms with E-state index in [1.807, 2.05) is 61.5 Å². The van der Waals surface area contributed by atoms with Crippen LogP contribution < -0.4 is 10.6 Å². The molecule has 33 heavy (non-hydrogen) atoms. The van der Waals surface area contributed by atoms with Gasteiger partial charge in [0, 0.05) is 18.7 Å². The summed E-state index contributed by atoms with van der Waals surface area (Å²) < 4.78 is 27.2. The third-order valence-electron chi connectivity index (χ3n) is 5.56. The monoisotopic (exact) mass is 463 g/mol. The van der Waals surface area contributed by atoms with E-state index in [0.29, 0.717) is 0 Å². The van der Waals surface area contributed by atoms with Crippen LogP contribution in [0.2, 0.25) is 0 Å². The van der Waals surface area contributed by atoms with Crippen molar-refractivity contribution in [3.8, 4) is 0 Å². The molecule has 1 aliphatic rings. The average molecular weight is 464 g/mol. The van der Waals surface area contributed by atoms with Crippen LogP contribution in [0, 0.1) is 6.92 Å². The molecule has 1 heterocycles. The van der Waals surface area contributed by atoms with E-state index in [1.54, 1.807) is 6.07 Å². The number of hydrogen-bond acceptors (Lipinski definition) is 4. The van der Waals surface area contributed by atoms with Gasteiger partial charge in [-0.1, -0.05) is 66.2 Å². The second-order valence-corrected chi connectivity index (χ2v) is 9.88. The third kappa shape index (κ3) is 5.13. The summed E-state index contributed by atoms with van der Waals surface area (Å²) in [4.78, 5) is 24.8. The van der Waals surface area contributed by atoms with Crippen molar-refractivity contribution in [3.63, 3.8) is 0 Å². The van der Waals surface area contributed by atoms with Crippen LogP contribution in [0.1, 0.15) is 33.1 Å². The molecular formula is C25H25N3O4S. The van der Waals surface area contributed by atoms with E-state index in [4.69, 9.17) is 0 Å². The highest BCUT2D eigenvalue weighted by Crippen LogP contribution is 2.24. The lowest BCUT2D eigenvalue weighted by Gasteiger charge is -2.26. The Hall–Kier alpha value is -3.49. The van der Waals surface area contributed by atoms with Crippen molar-refractivity contribution in [1.82, 2.24) is 14.9 Å². The molecule has 8 heteroatoms. The van der Waals surface area contributed by atoms with E-state index in [-0.39, 0.29) is 36.0 Å². The Bertz CT molecular complexity index is 1260. The fraction of sp³-hybridized carbons (Fsp3) is 0.200. The largest absolute Gasteiger partial charge is 0.354 e. The lowest BCUT2D eigenvalue weighted by molar-refractivity contribution is -0.122. The van der Waals surface area contributed by atoms with Crippen molar-refractivity contribution in [1.29, 1.82) is 0 Å². The highest BCUT2D eigenvalue weighted by Gasteiger charge is 2.29. The summed E-state index contributed by atoms with van der Waals surface area (Å²) in [5.41, 5.74) is 3.17. The van der Waals surface area contributed by atoms with Gasteiger partial charge >= 0.3 is 0 Å². The van der Waals surface area contributed by atoms with Gasteiger partial charge in [0.05, 0.1) is 17.5 Å². The molecule has 3 aromatic rings. The zero-order valence-corrected chi connectivity index (χ0v) is 19.0. The predicted octanol–water partition coefficient (Wildman–Crippen LogP) is 2.63. The van der Waals surface area contributed by atoms with E-state index in [0.717, 1.165) is 21.0 Å². The summed E-state index contributed by atoms with van der Waals surface area (Å²) in [7, 11) is -3.90. The lowest BCUT2D eigenvalue weighted by Crippen LogP contribution is -2.49. The van der Waals surface area contributed by atoms with Crippen molar-refractivity contribution in [2.75, 3.05) is 19.6 Å². The van der Waals surface area contributed by atoms with Crippen LogP contribution in [0.5, 0.6) is 0 Å². The van der Waals surface area contributed by atoms with E-state index in [2.05, 4.69) is 10.6 Å². The number of carbonyl (C=O) groups is 2. The first kappa shape index (κ1) is 22.7. The Kier molecular flexibility index (Phi) is 6.57. The van der Waals surface area contributed by atoms with E-state index >= 15 is 0 Å². The van der Waals surface area contributed by atoms with E-state index in [1.165, 1.54) is 18.2 Å². The molecule has 1 saturated heterocycles. The zero-order valence-electron chi connectivity index (χ0n) is 18.2. The van der Waals surface area contributed by atoms with Crippen LogP contribution in [-0.2, 0) is 14.8 Å². The lowest BCUT2D eigenvalue weighted by atomic mass is 9.97. The van der Waals surface area contributed by atoms with Crippen molar-refractivity contribution >= 4 is 21.8 Å². The van der Waals surface area contributed by atoms with Gasteiger partial charge in [0.1, 0.15) is 0 Å². The molecule has 0 saturated carbocycles. The number of benzene rings is 3. The number of hydrogen-bond donors (Lipinski definition) is 2. The minimum Gasteiger partial charge on any atom is -0.354 e. The van der Waals surface area contributed by atoms with Crippen LogP contribution in [0.3, 0.4) is 0 Å². The normalized spacial score (nSPS) is 15.5. The van der Waals surface area contributed by atoms with Crippen molar-refractivity contribution < 1.29 is 18.0 Å². The van der Waals surface area contributed by atoms with Crippen LogP contribution in [0.4, 0.5) is 0 Å². The first-order chi connectivity index (χ1) is 15.8. The topological polar surface area (TPSA) is 95.6 Å². The maximum Gasteiger partial charge on any atom is 0.252 e. The van der Waals surface area contributed by atoms with Crippen molar-refractivity contribution in [2.24, 2.45) is 0 Å². The Balaban J connectivity index is 1.62. The smallest absolute Gasteiger partial charge is 0.252 e. The molecule has 0 bridgehead atoms. The quantitative estimate of drug-likeness (QED) is 0.588. The van der Waals surface area contributed by atoms with Gasteiger partial charge in [0.15, 0.2) is 0 Å². The van der Waals surface area contributed by atoms with Crippen LogP contribution >= 0.6 is 0 Å². The molecule has 170 valence electrons. The Morgan fingerprint density at radius 3 is 2.36 bits per heavy atom. The molecule has 0 aliphatic carbocycles. The zero-order chi connectivity index (χ0) is 23.4. The van der Waals surface area contributed by atoms with Crippen LogP contribution in [0.15, 0.2) is 83.8 Å². The molecule has 1 unspecified atom stereocenters. The molecule has 2 amide bonds. The molecule has 1 aliphatic heterocycles. The van der Waals surface area contributed by atoms with E-state index in [9.17, 15) is 18.0 Å². The maximum atomic E-state index is 13.2. The van der Waals surface area contributed by atoms with Gasteiger partial charge < -0.3 is 10.6 Å². The molecule has 3 aromatic carbocycles. The van der Waals surface area contributed by atoms with Gasteiger partial charge in [-0.25, -0.2) is 8.42 Å². The molecule has 4 rings (SSSR count). The van der Waals surface area contributed by atoms with Gasteiger partial charge in [-0.05, 0) is 36.2 Å². The summed E-state index contributed by atoms with van der Waals surface area (Å²) in [5.74, 6) is -0.736. The number of nitrogens with one attached hydrogen (secondary N) is 2. The van der Waals surface area contributed by atoms with Crippen molar-refractivity contribution in [2.45, 2.75) is 17.9 Å². The molecule has 0 spiro atoms. The second kappa shape index (κ2) is 9.56. The standard InChI is InChI=1S/C25H25N3O4S/c1-18-10-12-20(13-11-18)24(19-6-3-2-4-7-19)27-25(30)21-8-5-9-22(16-21)33(31,32)28-15-14-26-23(29)17-28/h2-13,16,24H,14-15,17H2,1H3,(H,26,29)(H,27,30). The Morgan fingerprint density at radius 2 is 1.67 bits per heavy atom. The van der Waals surface area contributed by atoms with Gasteiger partial charge in [-0.15, -0.1) is 0 Å². The van der Waals surface area contributed by atoms with Gasteiger partial charge in [0.2, 0.25) is 15.9 Å². The molecule has 1 atom stereocenters. The fourth-order valence-corrected chi connectivity index (χ4v) is 5.19. The minimum absolute atomic E-state index is 0.0172. The van der Waals surface area contributed by atoms with Crippen molar-refractivity contribution in [3.05, 3.63) is 101 Å². The molecular weight excluding hydrogens is 438 g/mol. The molecule has 1 fully saturated rings.